The molecule has 0 unspecified atom stereocenters. The van der Waals surface area contributed by atoms with Crippen LogP contribution in [-0.4, -0.2) is 52.3 Å². The Balaban J connectivity index is 1.29. The van der Waals surface area contributed by atoms with Gasteiger partial charge < -0.3 is 14.2 Å². The second-order valence-electron chi connectivity index (χ2n) is 7.74. The highest BCUT2D eigenvalue weighted by Gasteiger charge is 2.22. The van der Waals surface area contributed by atoms with Gasteiger partial charge in [0.05, 0.1) is 16.6 Å². The van der Waals surface area contributed by atoms with E-state index in [1.807, 2.05) is 13.0 Å². The number of hydrogen-bond donors (Lipinski definition) is 0. The average Bonchev–Trinajstić information content (AvgIpc) is 3.09. The zero-order valence-corrected chi connectivity index (χ0v) is 16.2. The molecule has 0 spiro atoms. The number of nitrogens with zero attached hydrogens (tertiary/aromatic N) is 5. The highest BCUT2D eigenvalue weighted by molar-refractivity contribution is 5.86. The van der Waals surface area contributed by atoms with Crippen molar-refractivity contribution in [3.8, 4) is 5.88 Å². The van der Waals surface area contributed by atoms with Crippen LogP contribution in [0, 0.1) is 6.92 Å². The molecule has 0 bridgehead atoms. The first-order valence-corrected chi connectivity index (χ1v) is 10.1. The van der Waals surface area contributed by atoms with Gasteiger partial charge in [-0.1, -0.05) is 5.16 Å². The lowest BCUT2D eigenvalue weighted by Crippen LogP contribution is -2.46. The first-order chi connectivity index (χ1) is 13.7. The van der Waals surface area contributed by atoms with Crippen LogP contribution in [-0.2, 0) is 6.54 Å². The summed E-state index contributed by atoms with van der Waals surface area (Å²) >= 11 is 0. The van der Waals surface area contributed by atoms with Crippen LogP contribution in [0.5, 0.6) is 5.88 Å². The number of hydrogen-bond acceptors (Lipinski definition) is 7. The van der Waals surface area contributed by atoms with Crippen molar-refractivity contribution >= 4 is 16.6 Å². The summed E-state index contributed by atoms with van der Waals surface area (Å²) in [5.74, 6) is 1.59. The van der Waals surface area contributed by atoms with Crippen molar-refractivity contribution in [1.82, 2.24) is 20.0 Å². The van der Waals surface area contributed by atoms with Gasteiger partial charge in [0.25, 0.3) is 0 Å². The van der Waals surface area contributed by atoms with Crippen LogP contribution in [0.15, 0.2) is 35.1 Å². The summed E-state index contributed by atoms with van der Waals surface area (Å²) in [4.78, 5) is 13.6. The maximum atomic E-state index is 6.10. The molecule has 0 N–H and O–H groups in total. The summed E-state index contributed by atoms with van der Waals surface area (Å²) in [7, 11) is 0. The molecule has 7 nitrogen and oxygen atoms in total. The molecule has 1 aliphatic carbocycles. The van der Waals surface area contributed by atoms with Gasteiger partial charge in [0.2, 0.25) is 5.88 Å². The Kier molecular flexibility index (Phi) is 4.60. The minimum absolute atomic E-state index is 0.311. The fraction of sp³-hybridized carbons (Fsp3) is 0.476. The van der Waals surface area contributed by atoms with E-state index in [1.165, 1.54) is 12.1 Å². The summed E-state index contributed by atoms with van der Waals surface area (Å²) in [6, 6.07) is 8.42. The molecule has 2 aliphatic rings. The van der Waals surface area contributed by atoms with E-state index in [0.29, 0.717) is 6.10 Å². The van der Waals surface area contributed by atoms with Crippen molar-refractivity contribution in [3.63, 3.8) is 0 Å². The molecular formula is C21H25N5O2. The predicted molar refractivity (Wildman–Crippen MR) is 107 cm³/mol. The Morgan fingerprint density at radius 2 is 1.96 bits per heavy atom. The van der Waals surface area contributed by atoms with Crippen molar-refractivity contribution in [2.45, 2.75) is 38.8 Å². The minimum Gasteiger partial charge on any atom is -0.474 e. The predicted octanol–water partition coefficient (Wildman–Crippen LogP) is 3.18. The fourth-order valence-electron chi connectivity index (χ4n) is 3.84. The largest absolute Gasteiger partial charge is 0.474 e. The molecule has 0 atom stereocenters. The van der Waals surface area contributed by atoms with Crippen LogP contribution >= 0.6 is 0 Å². The van der Waals surface area contributed by atoms with Gasteiger partial charge in [0.15, 0.2) is 0 Å². The number of rotatable bonds is 5. The van der Waals surface area contributed by atoms with Crippen molar-refractivity contribution in [1.29, 1.82) is 0 Å². The fourth-order valence-corrected chi connectivity index (χ4v) is 3.84. The van der Waals surface area contributed by atoms with Crippen molar-refractivity contribution < 1.29 is 9.26 Å². The Morgan fingerprint density at radius 3 is 2.68 bits per heavy atom. The molecule has 1 saturated heterocycles. The lowest BCUT2D eigenvalue weighted by Gasteiger charge is -2.35. The molecule has 3 heterocycles. The lowest BCUT2D eigenvalue weighted by atomic mass is 9.96. The Hall–Kier alpha value is -2.67. The number of aromatic nitrogens is 3. The van der Waals surface area contributed by atoms with Crippen LogP contribution in [0.25, 0.3) is 10.9 Å². The van der Waals surface area contributed by atoms with Gasteiger partial charge in [-0.05, 0) is 44.4 Å². The molecule has 1 aliphatic heterocycles. The minimum atomic E-state index is 0.311. The maximum Gasteiger partial charge on any atom is 0.224 e. The third-order valence-electron chi connectivity index (χ3n) is 5.71. The van der Waals surface area contributed by atoms with Gasteiger partial charge in [-0.2, -0.15) is 0 Å². The smallest absolute Gasteiger partial charge is 0.224 e. The van der Waals surface area contributed by atoms with E-state index < -0.39 is 0 Å². The molecule has 1 aromatic carbocycles. The summed E-state index contributed by atoms with van der Waals surface area (Å²) in [5.41, 5.74) is 3.15. The molecule has 28 heavy (non-hydrogen) atoms. The monoisotopic (exact) mass is 379 g/mol. The van der Waals surface area contributed by atoms with Gasteiger partial charge >= 0.3 is 0 Å². The van der Waals surface area contributed by atoms with E-state index >= 15 is 0 Å². The first kappa shape index (κ1) is 17.4. The number of ether oxygens (including phenoxy) is 1. The van der Waals surface area contributed by atoms with Crippen molar-refractivity contribution in [2.75, 3.05) is 31.1 Å². The summed E-state index contributed by atoms with van der Waals surface area (Å²) in [6.45, 7) is 6.74. The topological polar surface area (TPSA) is 67.5 Å². The average molecular weight is 379 g/mol. The Labute approximate surface area is 164 Å². The third-order valence-corrected chi connectivity index (χ3v) is 5.71. The molecule has 146 valence electrons. The third kappa shape index (κ3) is 3.54. The second-order valence-corrected chi connectivity index (χ2v) is 7.74. The first-order valence-electron chi connectivity index (χ1n) is 10.1. The van der Waals surface area contributed by atoms with Crippen LogP contribution in [0.1, 0.15) is 30.7 Å². The van der Waals surface area contributed by atoms with Gasteiger partial charge in [-0.3, -0.25) is 4.90 Å². The standard InChI is InChI=1S/C21H25N5O2/c1-15-11-16(24-28-15)13-25-7-9-26(10-8-25)17-5-6-20-19(12-17)21(23-14-22-20)27-18-3-2-4-18/h5-6,11-12,14,18H,2-4,7-10,13H2,1H3. The lowest BCUT2D eigenvalue weighted by molar-refractivity contribution is 0.116. The van der Waals surface area contributed by atoms with E-state index in [2.05, 4.69) is 43.1 Å². The van der Waals surface area contributed by atoms with Crippen molar-refractivity contribution in [3.05, 3.63) is 42.0 Å². The molecule has 0 amide bonds. The summed E-state index contributed by atoms with van der Waals surface area (Å²) < 4.78 is 11.3. The maximum absolute atomic E-state index is 6.10. The van der Waals surface area contributed by atoms with E-state index in [-0.39, 0.29) is 0 Å². The molecule has 2 aromatic heterocycles. The van der Waals surface area contributed by atoms with Gasteiger partial charge in [-0.15, -0.1) is 0 Å². The Morgan fingerprint density at radius 1 is 1.11 bits per heavy atom. The molecule has 3 aromatic rings. The zero-order valence-electron chi connectivity index (χ0n) is 16.2. The second kappa shape index (κ2) is 7.39. The summed E-state index contributed by atoms with van der Waals surface area (Å²) in [5, 5.41) is 5.12. The van der Waals surface area contributed by atoms with E-state index in [1.54, 1.807) is 6.33 Å². The quantitative estimate of drug-likeness (QED) is 0.674. The SMILES string of the molecule is Cc1cc(CN2CCN(c3ccc4ncnc(OC5CCC5)c4c3)CC2)no1. The van der Waals surface area contributed by atoms with Gasteiger partial charge in [0, 0.05) is 44.5 Å². The highest BCUT2D eigenvalue weighted by atomic mass is 16.5. The zero-order chi connectivity index (χ0) is 18.9. The number of anilines is 1. The molecule has 2 fully saturated rings. The molecule has 7 heteroatoms. The number of aryl methyl sites for hydroxylation is 1. The van der Waals surface area contributed by atoms with Crippen LogP contribution < -0.4 is 9.64 Å². The van der Waals surface area contributed by atoms with E-state index in [4.69, 9.17) is 9.26 Å². The highest BCUT2D eigenvalue weighted by Crippen LogP contribution is 2.31. The molecule has 1 saturated carbocycles. The van der Waals surface area contributed by atoms with Crippen molar-refractivity contribution in [2.24, 2.45) is 0 Å². The molecule has 0 radical (unpaired) electrons. The van der Waals surface area contributed by atoms with Gasteiger partial charge in [0.1, 0.15) is 18.2 Å². The van der Waals surface area contributed by atoms with Crippen LogP contribution in [0.3, 0.4) is 0 Å². The number of benzene rings is 1. The van der Waals surface area contributed by atoms with E-state index in [9.17, 15) is 0 Å². The van der Waals surface area contributed by atoms with Crippen LogP contribution in [0.2, 0.25) is 0 Å². The van der Waals surface area contributed by atoms with E-state index in [0.717, 1.165) is 73.8 Å². The number of piperazine rings is 1. The normalized spacial score (nSPS) is 18.4. The molecular weight excluding hydrogens is 354 g/mol. The summed E-state index contributed by atoms with van der Waals surface area (Å²) in [6.07, 6.45) is 5.40. The van der Waals surface area contributed by atoms with Gasteiger partial charge in [-0.25, -0.2) is 9.97 Å². The van der Waals surface area contributed by atoms with Crippen LogP contribution in [0.4, 0.5) is 5.69 Å². The molecule has 5 rings (SSSR count). The Bertz CT molecular complexity index is 960. The number of fused-ring (bicyclic) bond motifs is 1.